The predicted molar refractivity (Wildman–Crippen MR) is 5.75 cm³/mol. The monoisotopic (exact) mass is 504 g/mol. The second kappa shape index (κ2) is 35.1. The summed E-state index contributed by atoms with van der Waals surface area (Å²) in [7, 11) is 0. The van der Waals surface area contributed by atoms with Crippen molar-refractivity contribution < 1.29 is 94.6 Å². The van der Waals surface area contributed by atoms with Crippen molar-refractivity contribution in [2.45, 2.75) is 0 Å². The van der Waals surface area contributed by atoms with E-state index in [4.69, 9.17) is 0 Å². The molecular formula is BaCl4Ra. The van der Waals surface area contributed by atoms with Crippen molar-refractivity contribution in [1.82, 2.24) is 0 Å². The number of halogens is 4. The van der Waals surface area contributed by atoms with E-state index < -0.39 is 0 Å². The van der Waals surface area contributed by atoms with Crippen molar-refractivity contribution in [3.05, 3.63) is 0 Å². The van der Waals surface area contributed by atoms with E-state index in [9.17, 15) is 0 Å². The molecule has 0 aliphatic heterocycles. The second-order valence-electron chi connectivity index (χ2n) is 0. The molecule has 0 rings (SSSR count). The van der Waals surface area contributed by atoms with E-state index in [0.29, 0.717) is 0 Å². The molecule has 0 atom stereocenters. The van der Waals surface area contributed by atoms with Crippen LogP contribution < -0.4 is 49.6 Å². The molecule has 0 spiro atoms. The van der Waals surface area contributed by atoms with E-state index in [2.05, 4.69) is 0 Å². The van der Waals surface area contributed by atoms with Gasteiger partial charge in [-0.25, -0.2) is 0 Å². The molecule has 0 heterocycles. The van der Waals surface area contributed by atoms with Crippen LogP contribution >= 0.6 is 0 Å². The van der Waals surface area contributed by atoms with Crippen LogP contribution in [0.2, 0.25) is 0 Å². The summed E-state index contributed by atoms with van der Waals surface area (Å²) in [6.07, 6.45) is 0. The molecule has 0 fully saturated rings. The van der Waals surface area contributed by atoms with E-state index in [-0.39, 0.29) is 144 Å². The zero-order valence-corrected chi connectivity index (χ0v) is 16.2. The molecule has 0 aliphatic carbocycles. The van der Waals surface area contributed by atoms with Gasteiger partial charge >= 0.3 is 93.9 Å². The summed E-state index contributed by atoms with van der Waals surface area (Å²) in [6, 6.07) is 0. The molecule has 0 N–H and O–H groups in total. The van der Waals surface area contributed by atoms with Gasteiger partial charge in [-0.3, -0.25) is 0 Å². The third-order valence-electron chi connectivity index (χ3n) is 0. The Hall–Kier alpha value is 4.20. The average molecular weight is 505 g/mol. The van der Waals surface area contributed by atoms with Gasteiger partial charge in [0.2, 0.25) is 0 Å². The van der Waals surface area contributed by atoms with Gasteiger partial charge in [0.15, 0.2) is 0 Å². The smallest absolute Gasteiger partial charge is 1.00 e. The average Bonchev–Trinajstić information content (AvgIpc) is 0. The van der Waals surface area contributed by atoms with Crippen molar-refractivity contribution in [3.8, 4) is 0 Å². The van der Waals surface area contributed by atoms with Crippen LogP contribution in [0, 0.1) is 45.0 Å². The van der Waals surface area contributed by atoms with Crippen LogP contribution in [0.25, 0.3) is 0 Å². The summed E-state index contributed by atoms with van der Waals surface area (Å²) in [4.78, 5) is 0. The minimum atomic E-state index is 0. The molecule has 0 saturated carbocycles. The number of hydrogen-bond donors (Lipinski definition) is 0. The number of hydrogen-bond acceptors (Lipinski definition) is 0. The molecule has 0 radical (unpaired) electrons. The molecule has 0 aromatic carbocycles. The maximum absolute atomic E-state index is 0. The SMILES string of the molecule is [Ba+2].[Cl-].[Cl-].[Cl-].[Cl-].[Ra+2]. The van der Waals surface area contributed by atoms with Crippen LogP contribution in [-0.2, 0) is 0 Å². The zero-order valence-electron chi connectivity index (χ0n) is 2.93. The van der Waals surface area contributed by atoms with Crippen molar-refractivity contribution in [2.75, 3.05) is 0 Å². The molecule has 0 unspecified atom stereocenters. The van der Waals surface area contributed by atoms with Crippen LogP contribution in [0.5, 0.6) is 0 Å². The van der Waals surface area contributed by atoms with Gasteiger partial charge in [-0.1, -0.05) is 0 Å². The Balaban J connectivity index is 0. The molecule has 6 heavy (non-hydrogen) atoms. The van der Waals surface area contributed by atoms with E-state index in [1.807, 2.05) is 0 Å². The minimum Gasteiger partial charge on any atom is -1.00 e. The molecule has 0 amide bonds. The third kappa shape index (κ3) is 24.1. The normalized spacial score (nSPS) is 0. The fourth-order valence-corrected chi connectivity index (χ4v) is 0. The third-order valence-corrected chi connectivity index (χ3v) is 0. The Labute approximate surface area is 139 Å². The summed E-state index contributed by atoms with van der Waals surface area (Å²) in [5.41, 5.74) is 0. The number of rotatable bonds is 0. The Morgan fingerprint density at radius 1 is 0.500 bits per heavy atom. The predicted octanol–water partition coefficient (Wildman–Crippen LogP) is -12.4. The molecule has 32 valence electrons. The first kappa shape index (κ1) is 48.9. The van der Waals surface area contributed by atoms with Gasteiger partial charge in [0.1, 0.15) is 0 Å². The van der Waals surface area contributed by atoms with Crippen LogP contribution in [0.4, 0.5) is 0 Å². The first-order valence-electron chi connectivity index (χ1n) is 0. The molecular weight excluding hydrogens is 505 g/mol. The molecule has 0 saturated heterocycles. The van der Waals surface area contributed by atoms with E-state index >= 15 is 0 Å². The minimum absolute atomic E-state index is 0. The Morgan fingerprint density at radius 3 is 0.500 bits per heavy atom. The van der Waals surface area contributed by atoms with Gasteiger partial charge in [0.25, 0.3) is 0 Å². The van der Waals surface area contributed by atoms with Crippen molar-refractivity contribution in [1.29, 1.82) is 0 Å². The fourth-order valence-electron chi connectivity index (χ4n) is 0. The fraction of sp³-hybridized carbons (Fsp3) is 0. The van der Waals surface area contributed by atoms with Gasteiger partial charge in [-0.15, -0.1) is 0 Å². The van der Waals surface area contributed by atoms with Gasteiger partial charge in [0, 0.05) is 0 Å². The van der Waals surface area contributed by atoms with Crippen LogP contribution in [-0.4, -0.2) is 48.9 Å². The summed E-state index contributed by atoms with van der Waals surface area (Å²) in [5.74, 6) is 0. The van der Waals surface area contributed by atoms with Gasteiger partial charge in [-0.2, -0.15) is 0 Å². The molecule has 0 aromatic rings. The van der Waals surface area contributed by atoms with Gasteiger partial charge < -0.3 is 49.6 Å². The summed E-state index contributed by atoms with van der Waals surface area (Å²) >= 11 is 0. The quantitative estimate of drug-likeness (QED) is 0.287. The topological polar surface area (TPSA) is 0 Å². The molecule has 0 aliphatic rings. The summed E-state index contributed by atoms with van der Waals surface area (Å²) in [5, 5.41) is 0. The van der Waals surface area contributed by atoms with E-state index in [1.165, 1.54) is 0 Å². The zero-order chi connectivity index (χ0) is 0. The standard InChI is InChI=1S/Ba.4ClH.Ra/h;4*1H;/q+2;;;;;+2/p-4. The molecule has 0 nitrogen and oxygen atoms in total. The second-order valence-corrected chi connectivity index (χ2v) is 0. The first-order chi connectivity index (χ1) is 0. The van der Waals surface area contributed by atoms with Crippen molar-refractivity contribution in [2.24, 2.45) is 0 Å². The Kier molecular flexibility index (Phi) is 286. The van der Waals surface area contributed by atoms with E-state index in [0.717, 1.165) is 0 Å². The maximum atomic E-state index is 0. The van der Waals surface area contributed by atoms with Crippen LogP contribution in [0.3, 0.4) is 0 Å². The van der Waals surface area contributed by atoms with Crippen molar-refractivity contribution >= 4 is 48.9 Å². The van der Waals surface area contributed by atoms with Gasteiger partial charge in [-0.05, 0) is 0 Å². The largest absolute Gasteiger partial charge is 2.00 e. The Bertz CT molecular complexity index is 7.51. The van der Waals surface area contributed by atoms with Crippen LogP contribution in [0.15, 0.2) is 0 Å². The first-order valence-corrected chi connectivity index (χ1v) is 0. The van der Waals surface area contributed by atoms with Gasteiger partial charge in [0.05, 0.1) is 0 Å². The molecule has 0 bridgehead atoms. The summed E-state index contributed by atoms with van der Waals surface area (Å²) < 4.78 is 0. The van der Waals surface area contributed by atoms with Crippen LogP contribution in [0.1, 0.15) is 0 Å². The summed E-state index contributed by atoms with van der Waals surface area (Å²) in [6.45, 7) is 0. The molecule has 6 heteroatoms. The maximum Gasteiger partial charge on any atom is 2.00 e. The van der Waals surface area contributed by atoms with Crippen molar-refractivity contribution in [3.63, 3.8) is 0 Å². The molecule has 0 aromatic heterocycles. The van der Waals surface area contributed by atoms with E-state index in [1.54, 1.807) is 0 Å². The Morgan fingerprint density at radius 2 is 0.500 bits per heavy atom.